The van der Waals surface area contributed by atoms with E-state index in [1.807, 2.05) is 0 Å². The van der Waals surface area contributed by atoms with Crippen molar-refractivity contribution in [1.29, 1.82) is 0 Å². The summed E-state index contributed by atoms with van der Waals surface area (Å²) in [7, 11) is 0. The maximum atomic E-state index is 12.2. The molecule has 1 fully saturated rings. The Bertz CT molecular complexity index is 707. The maximum Gasteiger partial charge on any atom is 0.148 e. The molecule has 0 radical (unpaired) electrons. The van der Waals surface area contributed by atoms with Crippen molar-refractivity contribution < 1.29 is 4.79 Å². The summed E-state index contributed by atoms with van der Waals surface area (Å²) in [5.74, 6) is 0.907. The number of carbonyl (C=O) groups excluding carboxylic acids is 1. The Kier molecular flexibility index (Phi) is 14.5. The lowest BCUT2D eigenvalue weighted by molar-refractivity contribution is -0.124. The lowest BCUT2D eigenvalue weighted by Gasteiger charge is -2.40. The van der Waals surface area contributed by atoms with E-state index in [1.54, 1.807) is 6.92 Å². The van der Waals surface area contributed by atoms with Gasteiger partial charge in [0.05, 0.1) is 6.04 Å². The van der Waals surface area contributed by atoms with Crippen LogP contribution in [0.15, 0.2) is 46.6 Å². The highest BCUT2D eigenvalue weighted by molar-refractivity contribution is 5.81. The van der Waals surface area contributed by atoms with Gasteiger partial charge >= 0.3 is 0 Å². The van der Waals surface area contributed by atoms with Crippen LogP contribution in [0.2, 0.25) is 0 Å². The van der Waals surface area contributed by atoms with Crippen LogP contribution in [0.3, 0.4) is 0 Å². The topological polar surface area (TPSA) is 23.6 Å². The molecule has 1 saturated heterocycles. The second-order valence-corrected chi connectivity index (χ2v) is 10.8. The molecule has 1 rings (SSSR count). The lowest BCUT2D eigenvalue weighted by atomic mass is 10.0. The standard InChI is InChI=1S/C30H52N2O/c1-24(2)12-9-13-26(5)14-10-15-27(6)16-11-17-28(7)18-19-31-20-21-32(22-25(3)4)30(23-31)29(8)33/h12,14,16,18,25,30H,9-11,13,15,17,19-23H2,1-8H3. The largest absolute Gasteiger partial charge is 0.298 e. The first-order valence-corrected chi connectivity index (χ1v) is 13.2. The molecule has 3 nitrogen and oxygen atoms in total. The fourth-order valence-corrected chi connectivity index (χ4v) is 4.39. The zero-order valence-corrected chi connectivity index (χ0v) is 23.0. The predicted molar refractivity (Wildman–Crippen MR) is 146 cm³/mol. The van der Waals surface area contributed by atoms with Gasteiger partial charge in [0.25, 0.3) is 0 Å². The van der Waals surface area contributed by atoms with E-state index in [-0.39, 0.29) is 6.04 Å². The summed E-state index contributed by atoms with van der Waals surface area (Å²) < 4.78 is 0. The van der Waals surface area contributed by atoms with Crippen LogP contribution in [-0.2, 0) is 4.79 Å². The monoisotopic (exact) mass is 456 g/mol. The van der Waals surface area contributed by atoms with Crippen molar-refractivity contribution >= 4 is 5.78 Å². The van der Waals surface area contributed by atoms with Crippen molar-refractivity contribution in [3.63, 3.8) is 0 Å². The highest BCUT2D eigenvalue weighted by Crippen LogP contribution is 2.16. The van der Waals surface area contributed by atoms with Gasteiger partial charge in [-0.3, -0.25) is 14.6 Å². The first-order valence-electron chi connectivity index (χ1n) is 13.2. The van der Waals surface area contributed by atoms with Gasteiger partial charge in [0.2, 0.25) is 0 Å². The van der Waals surface area contributed by atoms with Crippen LogP contribution in [0.25, 0.3) is 0 Å². The normalized spacial score (nSPS) is 19.3. The second-order valence-electron chi connectivity index (χ2n) is 10.8. The van der Waals surface area contributed by atoms with Crippen molar-refractivity contribution in [2.24, 2.45) is 5.92 Å². The average molecular weight is 457 g/mol. The molecule has 1 aliphatic heterocycles. The van der Waals surface area contributed by atoms with Crippen molar-refractivity contribution in [1.82, 2.24) is 9.80 Å². The molecule has 0 amide bonds. The predicted octanol–water partition coefficient (Wildman–Crippen LogP) is 7.36. The Balaban J connectivity index is 2.36. The zero-order chi connectivity index (χ0) is 24.8. The molecule has 0 saturated carbocycles. The van der Waals surface area contributed by atoms with Crippen molar-refractivity contribution in [3.05, 3.63) is 46.6 Å². The molecule has 0 aromatic carbocycles. The molecular weight excluding hydrogens is 404 g/mol. The lowest BCUT2D eigenvalue weighted by Crippen LogP contribution is -2.56. The molecule has 1 unspecified atom stereocenters. The van der Waals surface area contributed by atoms with Crippen LogP contribution in [0.4, 0.5) is 0 Å². The summed E-state index contributed by atoms with van der Waals surface area (Å²) in [6.45, 7) is 22.2. The fraction of sp³-hybridized carbons (Fsp3) is 0.700. The van der Waals surface area contributed by atoms with Crippen LogP contribution < -0.4 is 0 Å². The van der Waals surface area contributed by atoms with Crippen LogP contribution in [0.1, 0.15) is 93.9 Å². The Morgan fingerprint density at radius 3 is 1.79 bits per heavy atom. The van der Waals surface area contributed by atoms with E-state index in [9.17, 15) is 4.79 Å². The summed E-state index contributed by atoms with van der Waals surface area (Å²) >= 11 is 0. The minimum absolute atomic E-state index is 0.0605. The minimum atomic E-state index is 0.0605. The molecule has 0 aromatic heterocycles. The zero-order valence-electron chi connectivity index (χ0n) is 23.0. The smallest absolute Gasteiger partial charge is 0.148 e. The molecule has 0 spiro atoms. The quantitative estimate of drug-likeness (QED) is 0.255. The number of hydrogen-bond acceptors (Lipinski definition) is 3. The van der Waals surface area contributed by atoms with Gasteiger partial charge in [-0.1, -0.05) is 60.4 Å². The number of rotatable bonds is 14. The molecular formula is C30H52N2O. The molecule has 33 heavy (non-hydrogen) atoms. The van der Waals surface area contributed by atoms with Gasteiger partial charge in [-0.05, 0) is 86.0 Å². The summed E-state index contributed by atoms with van der Waals surface area (Å²) in [6, 6.07) is 0.0605. The van der Waals surface area contributed by atoms with E-state index in [0.29, 0.717) is 11.7 Å². The highest BCUT2D eigenvalue weighted by atomic mass is 16.1. The van der Waals surface area contributed by atoms with E-state index in [0.717, 1.165) is 64.8 Å². The fourth-order valence-electron chi connectivity index (χ4n) is 4.39. The van der Waals surface area contributed by atoms with Gasteiger partial charge in [0.15, 0.2) is 0 Å². The summed E-state index contributed by atoms with van der Waals surface area (Å²) in [4.78, 5) is 17.0. The molecule has 188 valence electrons. The van der Waals surface area contributed by atoms with Crippen molar-refractivity contribution in [2.45, 2.75) is 100.0 Å². The summed E-state index contributed by atoms with van der Waals surface area (Å²) in [5, 5.41) is 0. The summed E-state index contributed by atoms with van der Waals surface area (Å²) in [5.41, 5.74) is 5.88. The molecule has 1 atom stereocenters. The van der Waals surface area contributed by atoms with Crippen LogP contribution in [-0.4, -0.2) is 54.3 Å². The number of ketones is 1. The van der Waals surface area contributed by atoms with Crippen LogP contribution >= 0.6 is 0 Å². The molecule has 0 aromatic rings. The molecule has 3 heteroatoms. The Morgan fingerprint density at radius 2 is 1.30 bits per heavy atom. The second kappa shape index (κ2) is 16.2. The molecule has 0 N–H and O–H groups in total. The number of nitrogens with zero attached hydrogens (tertiary/aromatic N) is 2. The van der Waals surface area contributed by atoms with E-state index in [4.69, 9.17) is 0 Å². The van der Waals surface area contributed by atoms with E-state index >= 15 is 0 Å². The van der Waals surface area contributed by atoms with Gasteiger partial charge in [-0.2, -0.15) is 0 Å². The third kappa shape index (κ3) is 13.8. The third-order valence-corrected chi connectivity index (χ3v) is 6.50. The van der Waals surface area contributed by atoms with Gasteiger partial charge in [0.1, 0.15) is 5.78 Å². The summed E-state index contributed by atoms with van der Waals surface area (Å²) in [6.07, 6.45) is 16.4. The number of Topliss-reactive ketones (excluding diaryl/α,β-unsaturated/α-hetero) is 1. The first kappa shape index (κ1) is 29.6. The van der Waals surface area contributed by atoms with Gasteiger partial charge in [0, 0.05) is 32.7 Å². The van der Waals surface area contributed by atoms with Crippen LogP contribution in [0, 0.1) is 5.92 Å². The van der Waals surface area contributed by atoms with Crippen molar-refractivity contribution in [3.8, 4) is 0 Å². The number of hydrogen-bond donors (Lipinski definition) is 0. The van der Waals surface area contributed by atoms with Gasteiger partial charge in [-0.15, -0.1) is 0 Å². The minimum Gasteiger partial charge on any atom is -0.298 e. The SMILES string of the molecule is CC(=O)C1CN(CC=C(C)CCC=C(C)CCC=C(C)CCC=C(C)C)CCN1CC(C)C. The third-order valence-electron chi connectivity index (χ3n) is 6.50. The maximum absolute atomic E-state index is 12.2. The van der Waals surface area contributed by atoms with Gasteiger partial charge < -0.3 is 0 Å². The van der Waals surface area contributed by atoms with Gasteiger partial charge in [-0.25, -0.2) is 0 Å². The number of carbonyl (C=O) groups is 1. The van der Waals surface area contributed by atoms with Crippen LogP contribution in [0.5, 0.6) is 0 Å². The Morgan fingerprint density at radius 1 is 0.788 bits per heavy atom. The molecule has 0 aliphatic carbocycles. The Hall–Kier alpha value is -1.45. The van der Waals surface area contributed by atoms with E-state index in [1.165, 1.54) is 28.7 Å². The van der Waals surface area contributed by atoms with E-state index in [2.05, 4.69) is 82.6 Å². The number of piperazine rings is 1. The average Bonchev–Trinajstić information content (AvgIpc) is 2.72. The van der Waals surface area contributed by atoms with E-state index < -0.39 is 0 Å². The Labute approximate surface area is 205 Å². The molecule has 1 heterocycles. The van der Waals surface area contributed by atoms with Crippen molar-refractivity contribution in [2.75, 3.05) is 32.7 Å². The number of allylic oxidation sites excluding steroid dienone is 7. The molecule has 0 bridgehead atoms. The first-order chi connectivity index (χ1) is 15.6. The molecule has 1 aliphatic rings. The highest BCUT2D eigenvalue weighted by Gasteiger charge is 2.29.